The molecule has 1 atom stereocenters. The van der Waals surface area contributed by atoms with Crippen molar-refractivity contribution in [3.63, 3.8) is 0 Å². The van der Waals surface area contributed by atoms with Gasteiger partial charge < -0.3 is 19.8 Å². The minimum atomic E-state index is -0.132. The molecule has 1 aromatic heterocycles. The number of nitrogens with zero attached hydrogens (tertiary/aromatic N) is 1. The molecule has 4 rings (SSSR count). The Hall–Kier alpha value is -2.38. The van der Waals surface area contributed by atoms with Gasteiger partial charge in [0, 0.05) is 5.02 Å². The second kappa shape index (κ2) is 7.09. The van der Waals surface area contributed by atoms with Crippen molar-refractivity contribution >= 4 is 40.3 Å². The summed E-state index contributed by atoms with van der Waals surface area (Å²) < 4.78 is 10.7. The molecule has 1 amide bonds. The number of H-pyrrole nitrogens is 1. The molecule has 0 bridgehead atoms. The standard InChI is InChI=1S/C18H16ClN3O3S/c1-10(11-2-5-15-16(6-11)25-9-24-15)20-17(23)8-26-18-21-13-4-3-12(19)7-14(13)22-18/h2-7,10H,8-9H2,1H3,(H,20,23)(H,21,22). The number of ether oxygens (including phenoxy) is 2. The normalized spacial score (nSPS) is 13.8. The van der Waals surface area contributed by atoms with Crippen molar-refractivity contribution in [3.05, 3.63) is 47.0 Å². The Kier molecular flexibility index (Phi) is 4.65. The maximum absolute atomic E-state index is 12.3. The van der Waals surface area contributed by atoms with Crippen LogP contribution in [0.2, 0.25) is 5.02 Å². The summed E-state index contributed by atoms with van der Waals surface area (Å²) >= 11 is 7.32. The van der Waals surface area contributed by atoms with Crippen LogP contribution in [0, 0.1) is 0 Å². The van der Waals surface area contributed by atoms with Crippen LogP contribution >= 0.6 is 23.4 Å². The highest BCUT2D eigenvalue weighted by molar-refractivity contribution is 7.99. The number of benzene rings is 2. The maximum Gasteiger partial charge on any atom is 0.231 e. The van der Waals surface area contributed by atoms with Gasteiger partial charge in [-0.3, -0.25) is 4.79 Å². The Bertz CT molecular complexity index is 975. The third kappa shape index (κ3) is 3.59. The molecule has 1 unspecified atom stereocenters. The highest BCUT2D eigenvalue weighted by Gasteiger charge is 2.17. The van der Waals surface area contributed by atoms with Crippen molar-refractivity contribution < 1.29 is 14.3 Å². The van der Waals surface area contributed by atoms with Gasteiger partial charge in [-0.05, 0) is 42.8 Å². The lowest BCUT2D eigenvalue weighted by atomic mass is 10.1. The van der Waals surface area contributed by atoms with Gasteiger partial charge in [-0.1, -0.05) is 29.4 Å². The van der Waals surface area contributed by atoms with Crippen LogP contribution in [-0.2, 0) is 4.79 Å². The predicted molar refractivity (Wildman–Crippen MR) is 101 cm³/mol. The van der Waals surface area contributed by atoms with Crippen molar-refractivity contribution in [1.82, 2.24) is 15.3 Å². The van der Waals surface area contributed by atoms with E-state index in [9.17, 15) is 4.79 Å². The number of hydrogen-bond acceptors (Lipinski definition) is 5. The number of amides is 1. The van der Waals surface area contributed by atoms with Crippen LogP contribution in [0.3, 0.4) is 0 Å². The zero-order valence-electron chi connectivity index (χ0n) is 13.9. The molecule has 2 N–H and O–H groups in total. The van der Waals surface area contributed by atoms with Gasteiger partial charge in [-0.2, -0.15) is 0 Å². The number of carbonyl (C=O) groups excluding carboxylic acids is 1. The van der Waals surface area contributed by atoms with E-state index in [0.717, 1.165) is 22.3 Å². The number of rotatable bonds is 5. The number of aromatic amines is 1. The second-order valence-corrected chi connectivity index (χ2v) is 7.29. The molecule has 1 aliphatic heterocycles. The minimum absolute atomic E-state index is 0.0707. The van der Waals surface area contributed by atoms with Crippen LogP contribution in [-0.4, -0.2) is 28.4 Å². The van der Waals surface area contributed by atoms with Crippen LogP contribution in [0.5, 0.6) is 11.5 Å². The van der Waals surface area contributed by atoms with Crippen molar-refractivity contribution in [2.75, 3.05) is 12.5 Å². The number of imidazole rings is 1. The van der Waals surface area contributed by atoms with Gasteiger partial charge >= 0.3 is 0 Å². The molecular formula is C18H16ClN3O3S. The molecule has 6 nitrogen and oxygen atoms in total. The fraction of sp³-hybridized carbons (Fsp3) is 0.222. The average Bonchev–Trinajstić information content (AvgIpc) is 3.24. The summed E-state index contributed by atoms with van der Waals surface area (Å²) in [5, 5.41) is 4.32. The average molecular weight is 390 g/mol. The van der Waals surface area contributed by atoms with Crippen molar-refractivity contribution in [3.8, 4) is 11.5 Å². The second-order valence-electron chi connectivity index (χ2n) is 5.89. The van der Waals surface area contributed by atoms with E-state index in [4.69, 9.17) is 21.1 Å². The van der Waals surface area contributed by atoms with Gasteiger partial charge in [0.15, 0.2) is 16.7 Å². The molecule has 1 aliphatic rings. The number of carbonyl (C=O) groups is 1. The van der Waals surface area contributed by atoms with E-state index in [1.807, 2.05) is 37.3 Å². The summed E-state index contributed by atoms with van der Waals surface area (Å²) in [4.78, 5) is 19.9. The number of fused-ring (bicyclic) bond motifs is 2. The summed E-state index contributed by atoms with van der Waals surface area (Å²) in [6.45, 7) is 2.17. The first kappa shape index (κ1) is 17.1. The Morgan fingerprint density at radius 2 is 2.15 bits per heavy atom. The zero-order valence-corrected chi connectivity index (χ0v) is 15.5. The quantitative estimate of drug-likeness (QED) is 0.647. The third-order valence-corrected chi connectivity index (χ3v) is 5.14. The molecule has 26 heavy (non-hydrogen) atoms. The highest BCUT2D eigenvalue weighted by Crippen LogP contribution is 2.34. The molecule has 8 heteroatoms. The molecule has 0 aliphatic carbocycles. The van der Waals surface area contributed by atoms with Crippen LogP contribution in [0.25, 0.3) is 11.0 Å². The van der Waals surface area contributed by atoms with Crippen molar-refractivity contribution in [2.24, 2.45) is 0 Å². The Labute approximate surface area is 159 Å². The monoisotopic (exact) mass is 389 g/mol. The van der Waals surface area contributed by atoms with E-state index >= 15 is 0 Å². The molecule has 0 saturated carbocycles. The van der Waals surface area contributed by atoms with Gasteiger partial charge in [-0.25, -0.2) is 4.98 Å². The van der Waals surface area contributed by atoms with Gasteiger partial charge in [0.2, 0.25) is 12.7 Å². The van der Waals surface area contributed by atoms with E-state index < -0.39 is 0 Å². The zero-order chi connectivity index (χ0) is 18.1. The summed E-state index contributed by atoms with van der Waals surface area (Å²) in [6.07, 6.45) is 0. The van der Waals surface area contributed by atoms with Gasteiger partial charge in [0.1, 0.15) is 0 Å². The molecule has 2 heterocycles. The molecule has 0 fully saturated rings. The maximum atomic E-state index is 12.3. The van der Waals surface area contributed by atoms with Crippen LogP contribution in [0.15, 0.2) is 41.6 Å². The first-order chi connectivity index (χ1) is 12.6. The predicted octanol–water partition coefficient (Wildman–Crippen LogP) is 3.91. The molecule has 0 saturated heterocycles. The summed E-state index contributed by atoms with van der Waals surface area (Å²) in [5.74, 6) is 1.63. The molecule has 3 aromatic rings. The number of thioether (sulfide) groups is 1. The summed E-state index contributed by atoms with van der Waals surface area (Å²) in [7, 11) is 0. The molecule has 0 radical (unpaired) electrons. The Morgan fingerprint density at radius 1 is 1.31 bits per heavy atom. The van der Waals surface area contributed by atoms with Gasteiger partial charge in [-0.15, -0.1) is 0 Å². The first-order valence-electron chi connectivity index (χ1n) is 8.05. The topological polar surface area (TPSA) is 76.2 Å². The van der Waals surface area contributed by atoms with Crippen molar-refractivity contribution in [2.45, 2.75) is 18.1 Å². The van der Waals surface area contributed by atoms with Crippen LogP contribution in [0.1, 0.15) is 18.5 Å². The number of hydrogen-bond donors (Lipinski definition) is 2. The Balaban J connectivity index is 1.35. The van der Waals surface area contributed by atoms with E-state index in [1.54, 1.807) is 6.07 Å². The van der Waals surface area contributed by atoms with Crippen LogP contribution in [0.4, 0.5) is 0 Å². The minimum Gasteiger partial charge on any atom is -0.454 e. The lowest BCUT2D eigenvalue weighted by molar-refractivity contribution is -0.119. The molecule has 134 valence electrons. The third-order valence-electron chi connectivity index (χ3n) is 4.04. The molecular weight excluding hydrogens is 374 g/mol. The van der Waals surface area contributed by atoms with E-state index in [1.165, 1.54) is 11.8 Å². The fourth-order valence-corrected chi connectivity index (χ4v) is 3.58. The molecule has 0 spiro atoms. The first-order valence-corrected chi connectivity index (χ1v) is 9.42. The number of halogens is 1. The van der Waals surface area contributed by atoms with E-state index in [2.05, 4.69) is 15.3 Å². The Morgan fingerprint density at radius 3 is 3.04 bits per heavy atom. The van der Waals surface area contributed by atoms with Gasteiger partial charge in [0.25, 0.3) is 0 Å². The number of nitrogens with one attached hydrogen (secondary N) is 2. The van der Waals surface area contributed by atoms with E-state index in [0.29, 0.717) is 15.9 Å². The lowest BCUT2D eigenvalue weighted by Crippen LogP contribution is -2.28. The summed E-state index contributed by atoms with van der Waals surface area (Å²) in [6, 6.07) is 11.0. The smallest absolute Gasteiger partial charge is 0.231 e. The van der Waals surface area contributed by atoms with E-state index in [-0.39, 0.29) is 24.5 Å². The van der Waals surface area contributed by atoms with Crippen molar-refractivity contribution in [1.29, 1.82) is 0 Å². The fourth-order valence-electron chi connectivity index (χ4n) is 2.71. The largest absolute Gasteiger partial charge is 0.454 e. The number of aromatic nitrogens is 2. The lowest BCUT2D eigenvalue weighted by Gasteiger charge is -2.14. The highest BCUT2D eigenvalue weighted by atomic mass is 35.5. The molecule has 2 aromatic carbocycles. The SMILES string of the molecule is CC(NC(=O)CSc1nc2ccc(Cl)cc2[nH]1)c1ccc2c(c1)OCO2. The summed E-state index contributed by atoms with van der Waals surface area (Å²) in [5.41, 5.74) is 2.64. The van der Waals surface area contributed by atoms with Crippen LogP contribution < -0.4 is 14.8 Å². The van der Waals surface area contributed by atoms with Gasteiger partial charge in [0.05, 0.1) is 22.8 Å².